The first-order chi connectivity index (χ1) is 23.0. The van der Waals surface area contributed by atoms with Crippen molar-refractivity contribution in [1.82, 2.24) is 0 Å². The van der Waals surface area contributed by atoms with E-state index in [-0.39, 0.29) is 0 Å². The Balaban J connectivity index is 1.69. The SMILES string of the molecule is CC(C)[Si](O[Si](C(C)C)C(c1ccccc1)(c1ccccc1)c1ccccc1)C(c1ccccc1)(c1ccccc1)c1ccccc1. The molecule has 0 aliphatic heterocycles. The summed E-state index contributed by atoms with van der Waals surface area (Å²) in [5, 5.41) is -0.910. The third kappa shape index (κ3) is 6.12. The molecule has 47 heavy (non-hydrogen) atoms. The van der Waals surface area contributed by atoms with Crippen molar-refractivity contribution in [2.24, 2.45) is 0 Å². The second-order valence-electron chi connectivity index (χ2n) is 12.8. The Bertz CT molecular complexity index is 1460. The molecule has 0 fully saturated rings. The van der Waals surface area contributed by atoms with E-state index in [2.05, 4.69) is 210 Å². The van der Waals surface area contributed by atoms with Gasteiger partial charge in [0.15, 0.2) is 0 Å². The third-order valence-corrected chi connectivity index (χ3v) is 16.3. The van der Waals surface area contributed by atoms with Crippen molar-refractivity contribution in [3.63, 3.8) is 0 Å². The molecule has 6 aromatic rings. The summed E-state index contributed by atoms with van der Waals surface area (Å²) in [5.41, 5.74) is 8.30. The van der Waals surface area contributed by atoms with Crippen LogP contribution in [0.2, 0.25) is 11.1 Å². The van der Waals surface area contributed by atoms with E-state index < -0.39 is 28.2 Å². The van der Waals surface area contributed by atoms with Gasteiger partial charge in [-0.05, 0) is 44.5 Å². The summed E-state index contributed by atoms with van der Waals surface area (Å²) in [5.74, 6) is 0. The summed E-state index contributed by atoms with van der Waals surface area (Å²) in [4.78, 5) is 0. The molecule has 0 aliphatic carbocycles. The van der Waals surface area contributed by atoms with E-state index in [1.807, 2.05) is 0 Å². The molecule has 0 bridgehead atoms. The molecule has 0 atom stereocenters. The number of hydrogen-bond donors (Lipinski definition) is 0. The van der Waals surface area contributed by atoms with Crippen molar-refractivity contribution in [3.8, 4) is 0 Å². The average Bonchev–Trinajstić information content (AvgIpc) is 3.13. The van der Waals surface area contributed by atoms with Crippen molar-refractivity contribution < 1.29 is 4.12 Å². The summed E-state index contributed by atoms with van der Waals surface area (Å²) in [6.45, 7) is 9.53. The van der Waals surface area contributed by atoms with Gasteiger partial charge in [0, 0.05) is 0 Å². The van der Waals surface area contributed by atoms with Gasteiger partial charge in [-0.15, -0.1) is 0 Å². The monoisotopic (exact) mass is 644 g/mol. The van der Waals surface area contributed by atoms with Crippen molar-refractivity contribution >= 4 is 18.1 Å². The minimum Gasteiger partial charge on any atom is -0.453 e. The van der Waals surface area contributed by atoms with E-state index in [1.54, 1.807) is 0 Å². The highest BCUT2D eigenvalue weighted by molar-refractivity contribution is 6.72. The van der Waals surface area contributed by atoms with E-state index in [0.717, 1.165) is 0 Å². The van der Waals surface area contributed by atoms with E-state index in [1.165, 1.54) is 33.4 Å². The third-order valence-electron chi connectivity index (χ3n) is 9.25. The molecule has 6 rings (SSSR count). The van der Waals surface area contributed by atoms with Gasteiger partial charge in [0.05, 0.1) is 10.1 Å². The second kappa shape index (κ2) is 14.6. The number of rotatable bonds is 12. The van der Waals surface area contributed by atoms with E-state index in [4.69, 9.17) is 4.12 Å². The predicted molar refractivity (Wildman–Crippen MR) is 201 cm³/mol. The van der Waals surface area contributed by atoms with Crippen molar-refractivity contribution in [1.29, 1.82) is 0 Å². The van der Waals surface area contributed by atoms with Crippen LogP contribution in [0.3, 0.4) is 0 Å². The molecule has 3 heteroatoms. The van der Waals surface area contributed by atoms with E-state index in [9.17, 15) is 0 Å². The highest BCUT2D eigenvalue weighted by Gasteiger charge is 2.54. The molecule has 0 aromatic heterocycles. The van der Waals surface area contributed by atoms with Crippen molar-refractivity contribution in [2.75, 3.05) is 0 Å². The van der Waals surface area contributed by atoms with Crippen molar-refractivity contribution in [2.45, 2.75) is 48.9 Å². The van der Waals surface area contributed by atoms with Gasteiger partial charge in [0.25, 0.3) is 0 Å². The lowest BCUT2D eigenvalue weighted by Gasteiger charge is -2.49. The summed E-state index contributed by atoms with van der Waals surface area (Å²) in [7, 11) is -3.44. The molecule has 2 radical (unpaired) electrons. The molecular formula is C44H44OSi2. The van der Waals surface area contributed by atoms with E-state index in [0.29, 0.717) is 11.1 Å². The Morgan fingerprint density at radius 3 is 0.638 bits per heavy atom. The molecule has 0 amide bonds. The fourth-order valence-corrected chi connectivity index (χ4v) is 15.9. The lowest BCUT2D eigenvalue weighted by atomic mass is 9.84. The second-order valence-corrected chi connectivity index (χ2v) is 18.9. The van der Waals surface area contributed by atoms with Crippen LogP contribution in [0.15, 0.2) is 182 Å². The summed E-state index contributed by atoms with van der Waals surface area (Å²) < 4.78 is 8.23. The molecule has 0 heterocycles. The fraction of sp³-hybridized carbons (Fsp3) is 0.182. The van der Waals surface area contributed by atoms with Gasteiger partial charge in [-0.3, -0.25) is 0 Å². The van der Waals surface area contributed by atoms with Crippen LogP contribution < -0.4 is 0 Å². The molecule has 234 valence electrons. The largest absolute Gasteiger partial charge is 0.453 e. The molecule has 0 unspecified atom stereocenters. The molecular weight excluding hydrogens is 601 g/mol. The lowest BCUT2D eigenvalue weighted by Crippen LogP contribution is -2.58. The van der Waals surface area contributed by atoms with E-state index >= 15 is 0 Å². The summed E-state index contributed by atoms with van der Waals surface area (Å²) in [6.07, 6.45) is 0. The maximum Gasteiger partial charge on any atom is 0.221 e. The predicted octanol–water partition coefficient (Wildman–Crippen LogP) is 11.0. The van der Waals surface area contributed by atoms with Gasteiger partial charge in [-0.25, -0.2) is 0 Å². The Hall–Kier alpha value is -4.29. The molecule has 1 nitrogen and oxygen atoms in total. The molecule has 0 saturated heterocycles. The first-order valence-corrected chi connectivity index (χ1v) is 19.7. The molecule has 0 saturated carbocycles. The smallest absolute Gasteiger partial charge is 0.221 e. The Morgan fingerprint density at radius 2 is 0.489 bits per heavy atom. The van der Waals surface area contributed by atoms with Gasteiger partial charge >= 0.3 is 0 Å². The Kier molecular flexibility index (Phi) is 10.2. The summed E-state index contributed by atoms with van der Waals surface area (Å²) in [6, 6.07) is 66.8. The minimum absolute atomic E-state index is 0.291. The van der Waals surface area contributed by atoms with Gasteiger partial charge < -0.3 is 4.12 Å². The van der Waals surface area contributed by atoms with Crippen LogP contribution in [0.1, 0.15) is 61.1 Å². The molecule has 0 spiro atoms. The van der Waals surface area contributed by atoms with Crippen LogP contribution in [-0.4, -0.2) is 18.1 Å². The topological polar surface area (TPSA) is 9.23 Å². The fourth-order valence-electron chi connectivity index (χ4n) is 7.36. The van der Waals surface area contributed by atoms with Crippen LogP contribution in [-0.2, 0) is 14.2 Å². The van der Waals surface area contributed by atoms with Crippen LogP contribution in [0.5, 0.6) is 0 Å². The lowest BCUT2D eigenvalue weighted by molar-refractivity contribution is 0.486. The summed E-state index contributed by atoms with van der Waals surface area (Å²) >= 11 is 0. The molecule has 0 aliphatic rings. The maximum atomic E-state index is 8.23. The Morgan fingerprint density at radius 1 is 0.319 bits per heavy atom. The van der Waals surface area contributed by atoms with Gasteiger partial charge in [-0.2, -0.15) is 0 Å². The average molecular weight is 645 g/mol. The zero-order chi connectivity index (χ0) is 32.7. The maximum absolute atomic E-state index is 8.23. The minimum atomic E-state index is -1.72. The van der Waals surface area contributed by atoms with Gasteiger partial charge in [0.2, 0.25) is 18.1 Å². The first kappa shape index (κ1) is 32.6. The van der Waals surface area contributed by atoms with Crippen LogP contribution in [0.25, 0.3) is 0 Å². The quantitative estimate of drug-likeness (QED) is 0.0951. The highest BCUT2D eigenvalue weighted by atomic mass is 28.4. The zero-order valence-electron chi connectivity index (χ0n) is 27.9. The number of hydrogen-bond acceptors (Lipinski definition) is 1. The van der Waals surface area contributed by atoms with Gasteiger partial charge in [0.1, 0.15) is 0 Å². The molecule has 0 N–H and O–H groups in total. The van der Waals surface area contributed by atoms with Crippen LogP contribution in [0, 0.1) is 0 Å². The highest BCUT2D eigenvalue weighted by Crippen LogP contribution is 2.50. The standard InChI is InChI=1S/C44H44OSi2/c1-35(2)46(43(37-23-11-5-12-24-37,38-25-13-6-14-26-38)39-27-15-7-16-28-39)45-47(36(3)4)44(40-29-17-8-18-30-40,41-31-19-9-20-32-41)42-33-21-10-22-34-42/h5-36H,1-4H3. The number of benzene rings is 6. The zero-order valence-corrected chi connectivity index (χ0v) is 29.9. The van der Waals surface area contributed by atoms with Crippen molar-refractivity contribution in [3.05, 3.63) is 215 Å². The van der Waals surface area contributed by atoms with Crippen LogP contribution >= 0.6 is 0 Å². The Labute approximate surface area is 285 Å². The normalized spacial score (nSPS) is 12.3. The first-order valence-electron chi connectivity index (χ1n) is 16.8. The molecule has 6 aromatic carbocycles. The van der Waals surface area contributed by atoms with Crippen LogP contribution in [0.4, 0.5) is 0 Å². The van der Waals surface area contributed by atoms with Gasteiger partial charge in [-0.1, -0.05) is 210 Å².